The molecule has 2 aromatic rings. The second-order valence-electron chi connectivity index (χ2n) is 6.06. The summed E-state index contributed by atoms with van der Waals surface area (Å²) in [4.78, 5) is 0.971. The smallest absolute Gasteiger partial charge is 0.280 e. The quantitative estimate of drug-likeness (QED) is 0.885. The van der Waals surface area contributed by atoms with Gasteiger partial charge in [0.25, 0.3) is 10.2 Å². The van der Waals surface area contributed by atoms with Crippen molar-refractivity contribution in [1.82, 2.24) is 9.03 Å². The Balaban J connectivity index is 1.87. The number of thiophene rings is 1. The summed E-state index contributed by atoms with van der Waals surface area (Å²) in [5.74, 6) is 0. The van der Waals surface area contributed by atoms with Gasteiger partial charge in [0.2, 0.25) is 0 Å². The molecule has 0 amide bonds. The fourth-order valence-corrected chi connectivity index (χ4v) is 5.34. The van der Waals surface area contributed by atoms with Crippen LogP contribution in [-0.4, -0.2) is 38.0 Å². The molecule has 1 fully saturated rings. The summed E-state index contributed by atoms with van der Waals surface area (Å²) < 4.78 is 35.8. The summed E-state index contributed by atoms with van der Waals surface area (Å²) in [6.45, 7) is 4.52. The SMILES string of the molecule is C[C@@H]1CN(S(=O)(=O)N[C@@H](c2ccccc2)c2cccs2)C[C@@H](C)O1. The highest BCUT2D eigenvalue weighted by molar-refractivity contribution is 7.87. The van der Waals surface area contributed by atoms with Crippen molar-refractivity contribution in [1.29, 1.82) is 0 Å². The molecule has 24 heavy (non-hydrogen) atoms. The second kappa shape index (κ2) is 7.33. The Kier molecular flexibility index (Phi) is 5.36. The predicted molar refractivity (Wildman–Crippen MR) is 96.2 cm³/mol. The zero-order chi connectivity index (χ0) is 17.2. The lowest BCUT2D eigenvalue weighted by Gasteiger charge is -2.35. The first-order valence-corrected chi connectivity index (χ1v) is 10.3. The molecule has 0 aliphatic carbocycles. The van der Waals surface area contributed by atoms with E-state index in [0.29, 0.717) is 13.1 Å². The van der Waals surface area contributed by atoms with Crippen LogP contribution in [0.2, 0.25) is 0 Å². The van der Waals surface area contributed by atoms with E-state index in [-0.39, 0.29) is 18.2 Å². The largest absolute Gasteiger partial charge is 0.373 e. The lowest BCUT2D eigenvalue weighted by Crippen LogP contribution is -2.52. The summed E-state index contributed by atoms with van der Waals surface area (Å²) in [6.07, 6.45) is -0.218. The van der Waals surface area contributed by atoms with E-state index >= 15 is 0 Å². The number of nitrogens with one attached hydrogen (secondary N) is 1. The summed E-state index contributed by atoms with van der Waals surface area (Å²) >= 11 is 1.54. The Hall–Kier alpha value is -1.25. The van der Waals surface area contributed by atoms with Crippen molar-refractivity contribution in [3.8, 4) is 0 Å². The highest BCUT2D eigenvalue weighted by Gasteiger charge is 2.33. The third-order valence-electron chi connectivity index (χ3n) is 3.95. The Labute approximate surface area is 147 Å². The molecular weight excluding hydrogens is 344 g/mol. The highest BCUT2D eigenvalue weighted by atomic mass is 32.2. The summed E-state index contributed by atoms with van der Waals surface area (Å²) in [5, 5.41) is 1.96. The minimum Gasteiger partial charge on any atom is -0.373 e. The van der Waals surface area contributed by atoms with Crippen LogP contribution in [0, 0.1) is 0 Å². The number of hydrogen-bond acceptors (Lipinski definition) is 4. The first-order chi connectivity index (χ1) is 11.5. The Morgan fingerprint density at radius 2 is 1.79 bits per heavy atom. The molecule has 1 saturated heterocycles. The average Bonchev–Trinajstić information content (AvgIpc) is 3.07. The standard InChI is InChI=1S/C17H22N2O3S2/c1-13-11-19(12-14(2)22-13)24(20,21)18-17(16-9-6-10-23-16)15-7-4-3-5-8-15/h3-10,13-14,17-18H,11-12H2,1-2H3/t13-,14-,17+/m1/s1. The van der Waals surface area contributed by atoms with Crippen molar-refractivity contribution in [2.75, 3.05) is 13.1 Å². The summed E-state index contributed by atoms with van der Waals surface area (Å²) in [7, 11) is -3.61. The van der Waals surface area contributed by atoms with Gasteiger partial charge in [-0.25, -0.2) is 0 Å². The zero-order valence-electron chi connectivity index (χ0n) is 13.8. The van der Waals surface area contributed by atoms with E-state index in [2.05, 4.69) is 4.72 Å². The van der Waals surface area contributed by atoms with Crippen LogP contribution in [0.4, 0.5) is 0 Å². The number of nitrogens with zero attached hydrogens (tertiary/aromatic N) is 1. The van der Waals surface area contributed by atoms with Gasteiger partial charge in [-0.2, -0.15) is 17.4 Å². The molecule has 1 aliphatic heterocycles. The van der Waals surface area contributed by atoms with Crippen molar-refractivity contribution in [3.63, 3.8) is 0 Å². The lowest BCUT2D eigenvalue weighted by molar-refractivity contribution is -0.0444. The number of rotatable bonds is 5. The molecule has 1 aromatic heterocycles. The van der Waals surface area contributed by atoms with E-state index in [1.165, 1.54) is 4.31 Å². The Morgan fingerprint density at radius 3 is 2.38 bits per heavy atom. The molecule has 0 radical (unpaired) electrons. The minimum absolute atomic E-state index is 0.109. The molecule has 7 heteroatoms. The molecule has 0 saturated carbocycles. The molecule has 0 unspecified atom stereocenters. The van der Waals surface area contributed by atoms with Crippen LogP contribution in [0.25, 0.3) is 0 Å². The molecule has 1 N–H and O–H groups in total. The van der Waals surface area contributed by atoms with E-state index < -0.39 is 10.2 Å². The monoisotopic (exact) mass is 366 g/mol. The van der Waals surface area contributed by atoms with Gasteiger partial charge in [-0.05, 0) is 30.9 Å². The Bertz CT molecular complexity index is 737. The Morgan fingerprint density at radius 1 is 1.12 bits per heavy atom. The fourth-order valence-electron chi connectivity index (χ4n) is 2.94. The van der Waals surface area contributed by atoms with Crippen LogP contribution in [0.3, 0.4) is 0 Å². The maximum Gasteiger partial charge on any atom is 0.280 e. The third kappa shape index (κ3) is 4.04. The van der Waals surface area contributed by atoms with E-state index in [1.54, 1.807) is 11.3 Å². The molecule has 130 valence electrons. The fraction of sp³-hybridized carbons (Fsp3) is 0.412. The van der Waals surface area contributed by atoms with E-state index in [1.807, 2.05) is 61.7 Å². The summed E-state index contributed by atoms with van der Waals surface area (Å²) in [5.41, 5.74) is 0.929. The molecule has 3 atom stereocenters. The molecule has 3 rings (SSSR count). The van der Waals surface area contributed by atoms with Crippen LogP contribution in [0.15, 0.2) is 47.8 Å². The van der Waals surface area contributed by atoms with Gasteiger partial charge in [0.1, 0.15) is 0 Å². The molecule has 0 spiro atoms. The van der Waals surface area contributed by atoms with Gasteiger partial charge in [0.05, 0.1) is 18.2 Å². The maximum absolute atomic E-state index is 12.9. The van der Waals surface area contributed by atoms with Gasteiger partial charge < -0.3 is 4.74 Å². The van der Waals surface area contributed by atoms with Crippen molar-refractivity contribution in [3.05, 3.63) is 58.3 Å². The number of benzene rings is 1. The number of morpholine rings is 1. The van der Waals surface area contributed by atoms with Gasteiger partial charge in [-0.1, -0.05) is 36.4 Å². The number of ether oxygens (including phenoxy) is 1. The van der Waals surface area contributed by atoms with Crippen molar-refractivity contribution < 1.29 is 13.2 Å². The van der Waals surface area contributed by atoms with Crippen LogP contribution in [-0.2, 0) is 14.9 Å². The van der Waals surface area contributed by atoms with Crippen LogP contribution in [0.1, 0.15) is 30.3 Å². The highest BCUT2D eigenvalue weighted by Crippen LogP contribution is 2.27. The van der Waals surface area contributed by atoms with Gasteiger partial charge in [0, 0.05) is 18.0 Å². The lowest BCUT2D eigenvalue weighted by atomic mass is 10.1. The molecule has 0 bridgehead atoms. The van der Waals surface area contributed by atoms with Crippen LogP contribution in [0.5, 0.6) is 0 Å². The first kappa shape index (κ1) is 17.6. The normalized spacial score (nSPS) is 23.9. The number of hydrogen-bond donors (Lipinski definition) is 1. The van der Waals surface area contributed by atoms with Crippen LogP contribution >= 0.6 is 11.3 Å². The summed E-state index contributed by atoms with van der Waals surface area (Å²) in [6, 6.07) is 13.2. The van der Waals surface area contributed by atoms with Crippen molar-refractivity contribution >= 4 is 21.5 Å². The zero-order valence-corrected chi connectivity index (χ0v) is 15.4. The molecule has 5 nitrogen and oxygen atoms in total. The molecule has 2 heterocycles. The minimum atomic E-state index is -3.61. The van der Waals surface area contributed by atoms with Gasteiger partial charge in [-0.15, -0.1) is 11.3 Å². The van der Waals surface area contributed by atoms with Crippen molar-refractivity contribution in [2.24, 2.45) is 0 Å². The predicted octanol–water partition coefficient (Wildman–Crippen LogP) is 2.78. The van der Waals surface area contributed by atoms with Crippen LogP contribution < -0.4 is 4.72 Å². The van der Waals surface area contributed by atoms with Gasteiger partial charge >= 0.3 is 0 Å². The van der Waals surface area contributed by atoms with E-state index in [4.69, 9.17) is 4.74 Å². The third-order valence-corrected chi connectivity index (χ3v) is 6.40. The molecular formula is C17H22N2O3S2. The molecule has 1 aromatic carbocycles. The average molecular weight is 367 g/mol. The van der Waals surface area contributed by atoms with Crippen molar-refractivity contribution in [2.45, 2.75) is 32.1 Å². The molecule has 1 aliphatic rings. The van der Waals surface area contributed by atoms with E-state index in [0.717, 1.165) is 10.4 Å². The van der Waals surface area contributed by atoms with Gasteiger partial charge in [-0.3, -0.25) is 0 Å². The topological polar surface area (TPSA) is 58.6 Å². The second-order valence-corrected chi connectivity index (χ2v) is 8.74. The van der Waals surface area contributed by atoms with Gasteiger partial charge in [0.15, 0.2) is 0 Å². The maximum atomic E-state index is 12.9. The van der Waals surface area contributed by atoms with E-state index in [9.17, 15) is 8.42 Å². The first-order valence-electron chi connectivity index (χ1n) is 7.97.